The third-order valence-corrected chi connectivity index (χ3v) is 6.58. The molecular weight excluding hydrogens is 262 g/mol. The summed E-state index contributed by atoms with van der Waals surface area (Å²) in [6, 6.07) is 0.240. The van der Waals surface area contributed by atoms with Gasteiger partial charge in [0.05, 0.1) is 0 Å². The van der Waals surface area contributed by atoms with Crippen molar-refractivity contribution in [2.24, 2.45) is 5.92 Å². The molecule has 1 aliphatic heterocycles. The summed E-state index contributed by atoms with van der Waals surface area (Å²) < 4.78 is 28.2. The average Bonchev–Trinajstić information content (AvgIpc) is 2.34. The minimum absolute atomic E-state index is 0.240. The highest BCUT2D eigenvalue weighted by Crippen LogP contribution is 2.28. The van der Waals surface area contributed by atoms with Gasteiger partial charge in [-0.05, 0) is 44.7 Å². The van der Waals surface area contributed by atoms with Crippen molar-refractivity contribution >= 4 is 10.2 Å². The van der Waals surface area contributed by atoms with E-state index in [0.29, 0.717) is 19.0 Å². The topological polar surface area (TPSA) is 52.7 Å². The van der Waals surface area contributed by atoms with E-state index in [1.54, 1.807) is 15.7 Å². The van der Waals surface area contributed by atoms with Crippen molar-refractivity contribution in [1.29, 1.82) is 0 Å². The molecule has 0 bridgehead atoms. The largest absolute Gasteiger partial charge is 0.317 e. The van der Waals surface area contributed by atoms with Crippen molar-refractivity contribution in [1.82, 2.24) is 13.9 Å². The first-order chi connectivity index (χ1) is 9.05. The summed E-state index contributed by atoms with van der Waals surface area (Å²) in [5, 5.41) is 3.35. The van der Waals surface area contributed by atoms with E-state index in [-0.39, 0.29) is 6.04 Å². The fraction of sp³-hybridized carbons (Fsp3) is 1.00. The lowest BCUT2D eigenvalue weighted by Gasteiger charge is -2.39. The Balaban J connectivity index is 1.85. The molecule has 2 aliphatic rings. The Hall–Kier alpha value is -0.170. The van der Waals surface area contributed by atoms with E-state index in [1.807, 2.05) is 0 Å². The molecule has 5 nitrogen and oxygen atoms in total. The summed E-state index contributed by atoms with van der Waals surface area (Å²) in [6.07, 6.45) is 5.16. The first-order valence-corrected chi connectivity index (χ1v) is 8.89. The van der Waals surface area contributed by atoms with Crippen LogP contribution in [0.2, 0.25) is 0 Å². The highest BCUT2D eigenvalue weighted by Gasteiger charge is 2.36. The number of nitrogens with one attached hydrogen (secondary N) is 1. The second kappa shape index (κ2) is 6.52. The van der Waals surface area contributed by atoms with Gasteiger partial charge in [0.25, 0.3) is 10.2 Å². The molecule has 112 valence electrons. The standard InChI is InChI=1S/C13H27N3O2S/c1-3-14-11-12-7-9-16(10-8-12)19(17,18)15(2)13-5-4-6-13/h12-14H,3-11H2,1-2H3. The van der Waals surface area contributed by atoms with E-state index in [2.05, 4.69) is 12.2 Å². The predicted molar refractivity (Wildman–Crippen MR) is 77.2 cm³/mol. The van der Waals surface area contributed by atoms with Gasteiger partial charge in [-0.2, -0.15) is 17.0 Å². The van der Waals surface area contributed by atoms with Crippen LogP contribution in [0.5, 0.6) is 0 Å². The molecule has 1 aliphatic carbocycles. The predicted octanol–water partition coefficient (Wildman–Crippen LogP) is 1.04. The maximum Gasteiger partial charge on any atom is 0.281 e. The van der Waals surface area contributed by atoms with E-state index in [0.717, 1.165) is 45.2 Å². The third-order valence-electron chi connectivity index (χ3n) is 4.54. The van der Waals surface area contributed by atoms with Gasteiger partial charge in [-0.25, -0.2) is 0 Å². The third kappa shape index (κ3) is 3.48. The van der Waals surface area contributed by atoms with Crippen molar-refractivity contribution in [3.63, 3.8) is 0 Å². The lowest BCUT2D eigenvalue weighted by Crippen LogP contribution is -2.51. The van der Waals surface area contributed by atoms with Crippen LogP contribution in [0.25, 0.3) is 0 Å². The van der Waals surface area contributed by atoms with Gasteiger partial charge in [0.2, 0.25) is 0 Å². The van der Waals surface area contributed by atoms with Crippen LogP contribution in [-0.4, -0.2) is 56.3 Å². The van der Waals surface area contributed by atoms with E-state index < -0.39 is 10.2 Å². The van der Waals surface area contributed by atoms with Gasteiger partial charge in [0.15, 0.2) is 0 Å². The van der Waals surface area contributed by atoms with Gasteiger partial charge < -0.3 is 5.32 Å². The van der Waals surface area contributed by atoms with Gasteiger partial charge in [-0.1, -0.05) is 13.3 Å². The van der Waals surface area contributed by atoms with E-state index in [1.165, 1.54) is 0 Å². The molecule has 0 aromatic rings. The zero-order chi connectivity index (χ0) is 13.9. The molecular formula is C13H27N3O2S. The quantitative estimate of drug-likeness (QED) is 0.795. The SMILES string of the molecule is CCNCC1CCN(S(=O)(=O)N(C)C2CCC2)CC1. The first-order valence-electron chi connectivity index (χ1n) is 7.49. The molecule has 0 unspecified atom stereocenters. The van der Waals surface area contributed by atoms with Gasteiger partial charge >= 0.3 is 0 Å². The molecule has 0 atom stereocenters. The average molecular weight is 289 g/mol. The van der Waals surface area contributed by atoms with Crippen LogP contribution >= 0.6 is 0 Å². The highest BCUT2D eigenvalue weighted by molar-refractivity contribution is 7.86. The van der Waals surface area contributed by atoms with Crippen LogP contribution in [-0.2, 0) is 10.2 Å². The molecule has 1 saturated carbocycles. The Morgan fingerprint density at radius 3 is 2.32 bits per heavy atom. The number of nitrogens with zero attached hydrogens (tertiary/aromatic N) is 2. The lowest BCUT2D eigenvalue weighted by molar-refractivity contribution is 0.211. The molecule has 19 heavy (non-hydrogen) atoms. The molecule has 2 rings (SSSR count). The van der Waals surface area contributed by atoms with E-state index in [4.69, 9.17) is 0 Å². The normalized spacial score (nSPS) is 23.7. The van der Waals surface area contributed by atoms with Gasteiger partial charge in [0, 0.05) is 26.2 Å². The minimum Gasteiger partial charge on any atom is -0.317 e. The minimum atomic E-state index is -3.22. The molecule has 0 spiro atoms. The molecule has 0 amide bonds. The Morgan fingerprint density at radius 2 is 1.84 bits per heavy atom. The number of hydrogen-bond acceptors (Lipinski definition) is 3. The summed E-state index contributed by atoms with van der Waals surface area (Å²) in [4.78, 5) is 0. The van der Waals surface area contributed by atoms with Gasteiger partial charge in [-0.3, -0.25) is 0 Å². The van der Waals surface area contributed by atoms with Crippen LogP contribution in [0.4, 0.5) is 0 Å². The summed E-state index contributed by atoms with van der Waals surface area (Å²) in [6.45, 7) is 5.46. The smallest absolute Gasteiger partial charge is 0.281 e. The summed E-state index contributed by atoms with van der Waals surface area (Å²) >= 11 is 0. The van der Waals surface area contributed by atoms with Crippen LogP contribution in [0.1, 0.15) is 39.0 Å². The molecule has 1 saturated heterocycles. The summed E-state index contributed by atoms with van der Waals surface area (Å²) in [5.41, 5.74) is 0. The van der Waals surface area contributed by atoms with E-state index in [9.17, 15) is 8.42 Å². The zero-order valence-electron chi connectivity index (χ0n) is 12.1. The number of hydrogen-bond donors (Lipinski definition) is 1. The van der Waals surface area contributed by atoms with Gasteiger partial charge in [-0.15, -0.1) is 0 Å². The van der Waals surface area contributed by atoms with E-state index >= 15 is 0 Å². The van der Waals surface area contributed by atoms with Crippen molar-refractivity contribution in [2.75, 3.05) is 33.2 Å². The zero-order valence-corrected chi connectivity index (χ0v) is 13.0. The first kappa shape index (κ1) is 15.2. The summed E-state index contributed by atoms with van der Waals surface area (Å²) in [7, 11) is -1.48. The highest BCUT2D eigenvalue weighted by atomic mass is 32.2. The molecule has 1 N–H and O–H groups in total. The van der Waals surface area contributed by atoms with Crippen LogP contribution in [0, 0.1) is 5.92 Å². The maximum absolute atomic E-state index is 12.5. The molecule has 0 aromatic heterocycles. The molecule has 6 heteroatoms. The Kier molecular flexibility index (Phi) is 5.22. The second-order valence-electron chi connectivity index (χ2n) is 5.76. The van der Waals surface area contributed by atoms with Crippen LogP contribution in [0.15, 0.2) is 0 Å². The second-order valence-corrected chi connectivity index (χ2v) is 7.75. The number of rotatable bonds is 6. The Labute approximate surface area is 117 Å². The Bertz CT molecular complexity index is 373. The van der Waals surface area contributed by atoms with Crippen molar-refractivity contribution in [3.8, 4) is 0 Å². The van der Waals surface area contributed by atoms with Crippen molar-refractivity contribution < 1.29 is 8.42 Å². The number of piperidine rings is 1. The van der Waals surface area contributed by atoms with Crippen molar-refractivity contribution in [2.45, 2.75) is 45.1 Å². The summed E-state index contributed by atoms with van der Waals surface area (Å²) in [5.74, 6) is 0.625. The maximum atomic E-state index is 12.5. The molecule has 0 aromatic carbocycles. The van der Waals surface area contributed by atoms with Crippen molar-refractivity contribution in [3.05, 3.63) is 0 Å². The fourth-order valence-electron chi connectivity index (χ4n) is 2.81. The molecule has 0 radical (unpaired) electrons. The lowest BCUT2D eigenvalue weighted by atomic mass is 9.94. The fourth-order valence-corrected chi connectivity index (χ4v) is 4.44. The Morgan fingerprint density at radius 1 is 1.21 bits per heavy atom. The molecule has 2 fully saturated rings. The van der Waals surface area contributed by atoms with Crippen LogP contribution < -0.4 is 5.32 Å². The molecule has 1 heterocycles. The van der Waals surface area contributed by atoms with Gasteiger partial charge in [0.1, 0.15) is 0 Å². The van der Waals surface area contributed by atoms with Crippen LogP contribution in [0.3, 0.4) is 0 Å². The monoisotopic (exact) mass is 289 g/mol.